The van der Waals surface area contributed by atoms with Crippen molar-refractivity contribution in [2.24, 2.45) is 5.10 Å². The molecule has 0 heterocycles. The van der Waals surface area contributed by atoms with E-state index in [2.05, 4.69) is 34.0 Å². The molecule has 39 heavy (non-hydrogen) atoms. The number of nitrogens with zero attached hydrogens (tertiary/aromatic N) is 1. The van der Waals surface area contributed by atoms with E-state index in [9.17, 15) is 9.59 Å². The molecule has 1 atom stereocenters. The molecule has 4 rings (SSSR count). The van der Waals surface area contributed by atoms with Crippen LogP contribution in [0.4, 0.5) is 4.79 Å². The summed E-state index contributed by atoms with van der Waals surface area (Å²) in [4.78, 5) is 24.5. The van der Waals surface area contributed by atoms with Crippen molar-refractivity contribution in [2.75, 3.05) is 13.7 Å². The summed E-state index contributed by atoms with van der Waals surface area (Å²) in [6.45, 7) is 2.35. The Bertz CT molecular complexity index is 1430. The molecule has 2 amide bonds. The van der Waals surface area contributed by atoms with E-state index in [1.165, 1.54) is 6.21 Å². The number of fused-ring (bicyclic) bond motifs is 1. The lowest BCUT2D eigenvalue weighted by molar-refractivity contribution is -0.121. The number of carbonyl (C=O) groups is 2. The van der Waals surface area contributed by atoms with Crippen molar-refractivity contribution in [3.8, 4) is 11.5 Å². The van der Waals surface area contributed by atoms with Crippen LogP contribution in [-0.2, 0) is 16.1 Å². The highest BCUT2D eigenvalue weighted by Gasteiger charge is 2.19. The Labute approximate surface area is 227 Å². The first-order valence-corrected chi connectivity index (χ1v) is 12.6. The van der Waals surface area contributed by atoms with Gasteiger partial charge in [0.2, 0.25) is 5.91 Å². The van der Waals surface area contributed by atoms with Crippen LogP contribution in [0.15, 0.2) is 96.1 Å². The molecule has 0 fully saturated rings. The molecule has 0 saturated carbocycles. The van der Waals surface area contributed by atoms with Gasteiger partial charge in [0.1, 0.15) is 6.61 Å². The first-order chi connectivity index (χ1) is 19.1. The molecule has 4 aromatic carbocycles. The zero-order chi connectivity index (χ0) is 27.5. The minimum atomic E-state index is -0.586. The lowest BCUT2D eigenvalue weighted by atomic mass is 10.0. The maximum Gasteiger partial charge on any atom is 0.407 e. The average molecular weight is 526 g/mol. The predicted molar refractivity (Wildman–Crippen MR) is 151 cm³/mol. The molecule has 0 aromatic heterocycles. The van der Waals surface area contributed by atoms with Gasteiger partial charge in [-0.3, -0.25) is 4.79 Å². The fourth-order valence-electron chi connectivity index (χ4n) is 4.12. The summed E-state index contributed by atoms with van der Waals surface area (Å²) in [5.74, 6) is 0.787. The lowest BCUT2D eigenvalue weighted by Gasteiger charge is -2.18. The van der Waals surface area contributed by atoms with Crippen molar-refractivity contribution in [1.82, 2.24) is 10.7 Å². The van der Waals surface area contributed by atoms with Gasteiger partial charge in [-0.15, -0.1) is 0 Å². The molecule has 0 aliphatic carbocycles. The molecule has 0 radical (unpaired) electrons. The first-order valence-electron chi connectivity index (χ1n) is 12.6. The van der Waals surface area contributed by atoms with Gasteiger partial charge < -0.3 is 19.5 Å². The van der Waals surface area contributed by atoms with Gasteiger partial charge in [0, 0.05) is 0 Å². The molecule has 0 spiro atoms. The minimum Gasteiger partial charge on any atom is -0.493 e. The zero-order valence-corrected chi connectivity index (χ0v) is 21.9. The highest BCUT2D eigenvalue weighted by atomic mass is 16.5. The molecule has 0 bridgehead atoms. The fourth-order valence-corrected chi connectivity index (χ4v) is 4.12. The Kier molecular flexibility index (Phi) is 9.50. The van der Waals surface area contributed by atoms with Gasteiger partial charge in [-0.25, -0.2) is 10.2 Å². The van der Waals surface area contributed by atoms with E-state index in [0.717, 1.165) is 21.9 Å². The van der Waals surface area contributed by atoms with Gasteiger partial charge in [0.15, 0.2) is 11.5 Å². The van der Waals surface area contributed by atoms with Gasteiger partial charge >= 0.3 is 6.09 Å². The predicted octanol–water partition coefficient (Wildman–Crippen LogP) is 5.76. The molecule has 8 heteroatoms. The number of rotatable bonds is 11. The summed E-state index contributed by atoms with van der Waals surface area (Å²) in [5, 5.41) is 9.10. The third kappa shape index (κ3) is 7.58. The molecule has 0 aliphatic rings. The number of nitrogens with one attached hydrogen (secondary N) is 2. The molecule has 0 saturated heterocycles. The lowest BCUT2D eigenvalue weighted by Crippen LogP contribution is -2.33. The summed E-state index contributed by atoms with van der Waals surface area (Å²) >= 11 is 0. The van der Waals surface area contributed by atoms with Crippen LogP contribution in [0.1, 0.15) is 36.1 Å². The van der Waals surface area contributed by atoms with E-state index >= 15 is 0 Å². The Morgan fingerprint density at radius 1 is 0.923 bits per heavy atom. The number of methoxy groups -OCH3 is 1. The number of alkyl carbamates (subject to hydrolysis) is 1. The molecule has 0 unspecified atom stereocenters. The molecule has 8 nitrogen and oxygen atoms in total. The number of carbonyl (C=O) groups excluding carboxylic acids is 2. The van der Waals surface area contributed by atoms with Gasteiger partial charge in [-0.1, -0.05) is 72.8 Å². The topological polar surface area (TPSA) is 98.2 Å². The Morgan fingerprint density at radius 3 is 2.49 bits per heavy atom. The second kappa shape index (κ2) is 13.6. The van der Waals surface area contributed by atoms with Crippen molar-refractivity contribution in [1.29, 1.82) is 0 Å². The van der Waals surface area contributed by atoms with E-state index in [-0.39, 0.29) is 18.9 Å². The van der Waals surface area contributed by atoms with E-state index in [1.807, 2.05) is 66.7 Å². The summed E-state index contributed by atoms with van der Waals surface area (Å²) < 4.78 is 16.6. The summed E-state index contributed by atoms with van der Waals surface area (Å²) in [7, 11) is 1.57. The largest absolute Gasteiger partial charge is 0.493 e. The molecule has 2 N–H and O–H groups in total. The average Bonchev–Trinajstić information content (AvgIpc) is 2.96. The van der Waals surface area contributed by atoms with Crippen molar-refractivity contribution in [3.05, 3.63) is 108 Å². The third-order valence-electron chi connectivity index (χ3n) is 6.01. The smallest absolute Gasteiger partial charge is 0.407 e. The maximum atomic E-state index is 12.6. The van der Waals surface area contributed by atoms with Crippen LogP contribution in [-0.4, -0.2) is 31.9 Å². The molecular weight excluding hydrogens is 494 g/mol. The van der Waals surface area contributed by atoms with Crippen molar-refractivity contribution >= 4 is 29.0 Å². The van der Waals surface area contributed by atoms with Crippen LogP contribution < -0.4 is 20.2 Å². The highest BCUT2D eigenvalue weighted by molar-refractivity contribution is 5.86. The van der Waals surface area contributed by atoms with Crippen LogP contribution in [0.2, 0.25) is 0 Å². The number of hydrazone groups is 1. The van der Waals surface area contributed by atoms with Crippen molar-refractivity contribution in [3.63, 3.8) is 0 Å². The first kappa shape index (κ1) is 27.2. The van der Waals surface area contributed by atoms with E-state index < -0.39 is 12.1 Å². The van der Waals surface area contributed by atoms with Crippen LogP contribution in [0, 0.1) is 0 Å². The standard InChI is InChI=1S/C31H31N3O5/c1-3-38-31(36)33-27(24-11-5-4-6-12-24)19-30(35)34-32-20-22-16-17-28(29(18-22)37-2)39-21-25-14-9-13-23-10-7-8-15-26(23)25/h4-18,20,27H,3,19,21H2,1-2H3,(H,33,36)(H,34,35)/b32-20-/t27-/m0/s1. The van der Waals surface area contributed by atoms with Gasteiger partial charge in [0.25, 0.3) is 0 Å². The molecule has 0 aliphatic heterocycles. The van der Waals surface area contributed by atoms with E-state index in [4.69, 9.17) is 14.2 Å². The maximum absolute atomic E-state index is 12.6. The second-order valence-corrected chi connectivity index (χ2v) is 8.66. The highest BCUT2D eigenvalue weighted by Crippen LogP contribution is 2.29. The van der Waals surface area contributed by atoms with Crippen LogP contribution in [0.3, 0.4) is 0 Å². The van der Waals surface area contributed by atoms with Gasteiger partial charge in [-0.2, -0.15) is 5.10 Å². The Hall–Kier alpha value is -4.85. The van der Waals surface area contributed by atoms with E-state index in [1.54, 1.807) is 20.1 Å². The SMILES string of the molecule is CCOC(=O)N[C@@H](CC(=O)N/N=C\c1ccc(OCc2cccc3ccccc23)c(OC)c1)c1ccccc1. The summed E-state index contributed by atoms with van der Waals surface area (Å²) in [5.41, 5.74) is 5.10. The van der Waals surface area contributed by atoms with Crippen molar-refractivity contribution in [2.45, 2.75) is 26.0 Å². The normalized spacial score (nSPS) is 11.6. The monoisotopic (exact) mass is 525 g/mol. The summed E-state index contributed by atoms with van der Waals surface area (Å²) in [6.07, 6.45) is 0.924. The second-order valence-electron chi connectivity index (χ2n) is 8.66. The number of hydrogen-bond donors (Lipinski definition) is 2. The van der Waals surface area contributed by atoms with Gasteiger partial charge in [0.05, 0.1) is 32.4 Å². The van der Waals surface area contributed by atoms with Crippen LogP contribution in [0.5, 0.6) is 11.5 Å². The fraction of sp³-hybridized carbons (Fsp3) is 0.194. The zero-order valence-electron chi connectivity index (χ0n) is 21.9. The van der Waals surface area contributed by atoms with Crippen LogP contribution in [0.25, 0.3) is 10.8 Å². The number of amides is 2. The number of ether oxygens (including phenoxy) is 3. The molecule has 4 aromatic rings. The number of hydrogen-bond acceptors (Lipinski definition) is 6. The quantitative estimate of drug-likeness (QED) is 0.192. The summed E-state index contributed by atoms with van der Waals surface area (Å²) in [6, 6.07) is 28.4. The van der Waals surface area contributed by atoms with Gasteiger partial charge in [-0.05, 0) is 52.6 Å². The van der Waals surface area contributed by atoms with Crippen LogP contribution >= 0.6 is 0 Å². The Morgan fingerprint density at radius 2 is 1.69 bits per heavy atom. The third-order valence-corrected chi connectivity index (χ3v) is 6.01. The molecule has 200 valence electrons. The molecular formula is C31H31N3O5. The Balaban J connectivity index is 1.37. The van der Waals surface area contributed by atoms with E-state index in [0.29, 0.717) is 23.7 Å². The minimum absolute atomic E-state index is 0.00949. The van der Waals surface area contributed by atoms with Crippen molar-refractivity contribution < 1.29 is 23.8 Å². The number of benzene rings is 4.